The van der Waals surface area contributed by atoms with Crippen molar-refractivity contribution in [2.45, 2.75) is 52.4 Å². The fraction of sp³-hybridized carbons (Fsp3) is 0.200. The maximum Gasteiger partial charge on any atom is 0.168 e. The van der Waals surface area contributed by atoms with E-state index in [0.717, 1.165) is 28.5 Å². The first-order valence-corrected chi connectivity index (χ1v) is 16.1. The minimum Gasteiger partial charge on any atom is -0.275 e. The molecule has 0 aliphatic rings. The van der Waals surface area contributed by atoms with E-state index in [1.807, 2.05) is 35.6 Å². The molecule has 2 aromatic heterocycles. The molecule has 0 radical (unpaired) electrons. The quantitative estimate of drug-likeness (QED) is 0.204. The van der Waals surface area contributed by atoms with Crippen molar-refractivity contribution < 1.29 is 0 Å². The average molecular weight is 592 g/mol. The van der Waals surface area contributed by atoms with Crippen molar-refractivity contribution in [3.8, 4) is 39.6 Å². The minimum atomic E-state index is 0.0265. The Morgan fingerprint density at radius 3 is 1.68 bits per heavy atom. The van der Waals surface area contributed by atoms with Gasteiger partial charge in [-0.05, 0) is 69.5 Å². The van der Waals surface area contributed by atoms with E-state index in [2.05, 4.69) is 142 Å². The molecule has 0 bridgehead atoms. The van der Waals surface area contributed by atoms with Gasteiger partial charge in [0.1, 0.15) is 0 Å². The first-order chi connectivity index (χ1) is 21.1. The molecule has 0 fully saturated rings. The largest absolute Gasteiger partial charge is 0.275 e. The summed E-state index contributed by atoms with van der Waals surface area (Å²) in [7, 11) is 0. The van der Waals surface area contributed by atoms with Gasteiger partial charge >= 0.3 is 0 Å². The zero-order valence-corrected chi connectivity index (χ0v) is 27.0. The molecule has 7 aromatic rings. The van der Waals surface area contributed by atoms with Crippen molar-refractivity contribution in [3.05, 3.63) is 126 Å². The van der Waals surface area contributed by atoms with Gasteiger partial charge in [-0.15, -0.1) is 21.5 Å². The van der Waals surface area contributed by atoms with E-state index in [1.165, 1.54) is 42.4 Å². The number of para-hydroxylation sites is 1. The van der Waals surface area contributed by atoms with Gasteiger partial charge in [0.25, 0.3) is 0 Å². The standard InChI is InChI=1S/C40H37N3S/c1-39(2,3)29-21-22-35-33(23-29)34-25-30(40(4,5)6)24-32(36(34)44-35)26-17-19-28(20-18-26)38-42-41-37(27-13-9-7-10-14-27)43(38)31-15-11-8-12-16-31/h7-25H,1-6H3. The van der Waals surface area contributed by atoms with Crippen molar-refractivity contribution in [2.75, 3.05) is 0 Å². The van der Waals surface area contributed by atoms with Gasteiger partial charge in [-0.3, -0.25) is 4.57 Å². The molecule has 0 aliphatic heterocycles. The number of rotatable bonds is 4. The van der Waals surface area contributed by atoms with Gasteiger partial charge in [-0.2, -0.15) is 0 Å². The molecular weight excluding hydrogens is 555 g/mol. The first-order valence-electron chi connectivity index (χ1n) is 15.3. The lowest BCUT2D eigenvalue weighted by molar-refractivity contribution is 0.590. The topological polar surface area (TPSA) is 30.7 Å². The Morgan fingerprint density at radius 2 is 1.07 bits per heavy atom. The van der Waals surface area contributed by atoms with Crippen LogP contribution < -0.4 is 0 Å². The van der Waals surface area contributed by atoms with E-state index in [1.54, 1.807) is 0 Å². The summed E-state index contributed by atoms with van der Waals surface area (Å²) in [6.07, 6.45) is 0. The lowest BCUT2D eigenvalue weighted by Gasteiger charge is -2.21. The van der Waals surface area contributed by atoms with E-state index >= 15 is 0 Å². The fourth-order valence-electron chi connectivity index (χ4n) is 5.86. The van der Waals surface area contributed by atoms with Crippen LogP contribution in [0.15, 0.2) is 115 Å². The predicted molar refractivity (Wildman–Crippen MR) is 188 cm³/mol. The monoisotopic (exact) mass is 591 g/mol. The lowest BCUT2D eigenvalue weighted by atomic mass is 9.83. The van der Waals surface area contributed by atoms with Gasteiger partial charge in [0.15, 0.2) is 11.6 Å². The van der Waals surface area contributed by atoms with E-state index in [4.69, 9.17) is 5.10 Å². The summed E-state index contributed by atoms with van der Waals surface area (Å²) < 4.78 is 4.83. The lowest BCUT2D eigenvalue weighted by Crippen LogP contribution is -2.11. The van der Waals surface area contributed by atoms with E-state index in [0.29, 0.717) is 0 Å². The molecular formula is C40H37N3S. The fourth-order valence-corrected chi connectivity index (χ4v) is 7.06. The number of aromatic nitrogens is 3. The van der Waals surface area contributed by atoms with Crippen LogP contribution in [-0.4, -0.2) is 14.8 Å². The van der Waals surface area contributed by atoms with Crippen LogP contribution in [-0.2, 0) is 10.8 Å². The van der Waals surface area contributed by atoms with Crippen molar-refractivity contribution in [1.29, 1.82) is 0 Å². The normalized spacial score (nSPS) is 12.3. The Bertz CT molecular complexity index is 2100. The Kier molecular flexibility index (Phi) is 6.78. The smallest absolute Gasteiger partial charge is 0.168 e. The van der Waals surface area contributed by atoms with Crippen LogP contribution in [0.1, 0.15) is 52.7 Å². The summed E-state index contributed by atoms with van der Waals surface area (Å²) in [5.74, 6) is 1.65. The molecule has 0 spiro atoms. The number of hydrogen-bond donors (Lipinski definition) is 0. The average Bonchev–Trinajstić information content (AvgIpc) is 3.63. The second-order valence-electron chi connectivity index (χ2n) is 13.7. The minimum absolute atomic E-state index is 0.0265. The predicted octanol–water partition coefficient (Wildman–Crippen LogP) is 11.2. The highest BCUT2D eigenvalue weighted by Crippen LogP contribution is 2.44. The second kappa shape index (κ2) is 10.6. The highest BCUT2D eigenvalue weighted by Gasteiger charge is 2.22. The summed E-state index contributed by atoms with van der Waals surface area (Å²) in [4.78, 5) is 0. The van der Waals surface area contributed by atoms with Gasteiger partial charge in [0.05, 0.1) is 0 Å². The second-order valence-corrected chi connectivity index (χ2v) is 14.7. The van der Waals surface area contributed by atoms with Crippen molar-refractivity contribution in [1.82, 2.24) is 14.8 Å². The molecule has 0 N–H and O–H groups in total. The molecule has 3 nitrogen and oxygen atoms in total. The van der Waals surface area contributed by atoms with Crippen LogP contribution in [0, 0.1) is 0 Å². The molecule has 4 heteroatoms. The summed E-state index contributed by atoms with van der Waals surface area (Å²) in [5, 5.41) is 12.1. The number of hydrogen-bond acceptors (Lipinski definition) is 3. The Labute approximate surface area is 263 Å². The van der Waals surface area contributed by atoms with Gasteiger partial charge < -0.3 is 0 Å². The molecule has 7 rings (SSSR count). The SMILES string of the molecule is CC(C)(C)c1ccc2sc3c(-c4ccc(-c5nnc(-c6ccccc6)n5-c5ccccc5)cc4)cc(C(C)(C)C)cc3c2c1. The van der Waals surface area contributed by atoms with Crippen LogP contribution in [0.25, 0.3) is 59.8 Å². The molecule has 44 heavy (non-hydrogen) atoms. The molecule has 0 unspecified atom stereocenters. The zero-order chi connectivity index (χ0) is 30.6. The van der Waals surface area contributed by atoms with Crippen LogP contribution >= 0.6 is 11.3 Å². The van der Waals surface area contributed by atoms with Gasteiger partial charge in [-0.25, -0.2) is 0 Å². The van der Waals surface area contributed by atoms with Crippen LogP contribution in [0.4, 0.5) is 0 Å². The van der Waals surface area contributed by atoms with E-state index < -0.39 is 0 Å². The summed E-state index contributed by atoms with van der Waals surface area (Å²) in [6.45, 7) is 13.8. The maximum atomic E-state index is 4.71. The number of fused-ring (bicyclic) bond motifs is 3. The highest BCUT2D eigenvalue weighted by molar-refractivity contribution is 7.26. The van der Waals surface area contributed by atoms with Gasteiger partial charge in [0.2, 0.25) is 0 Å². The molecule has 0 aliphatic carbocycles. The zero-order valence-electron chi connectivity index (χ0n) is 26.2. The third-order valence-electron chi connectivity index (χ3n) is 8.47. The van der Waals surface area contributed by atoms with Gasteiger partial charge in [-0.1, -0.05) is 120 Å². The maximum absolute atomic E-state index is 4.71. The Hall–Kier alpha value is -4.54. The van der Waals surface area contributed by atoms with Crippen LogP contribution in [0.2, 0.25) is 0 Å². The first kappa shape index (κ1) is 28.2. The Balaban J connectivity index is 1.38. The molecule has 0 saturated heterocycles. The summed E-state index contributed by atoms with van der Waals surface area (Å²) in [6, 6.07) is 41.3. The van der Waals surface area contributed by atoms with E-state index in [-0.39, 0.29) is 10.8 Å². The van der Waals surface area contributed by atoms with Gasteiger partial charge in [0, 0.05) is 37.0 Å². The molecule has 5 aromatic carbocycles. The third-order valence-corrected chi connectivity index (χ3v) is 9.69. The molecule has 0 saturated carbocycles. The van der Waals surface area contributed by atoms with Crippen molar-refractivity contribution in [3.63, 3.8) is 0 Å². The number of thiophene rings is 1. The molecule has 0 amide bonds. The van der Waals surface area contributed by atoms with Crippen molar-refractivity contribution in [2.24, 2.45) is 0 Å². The highest BCUT2D eigenvalue weighted by atomic mass is 32.1. The Morgan fingerprint density at radius 1 is 0.523 bits per heavy atom. The molecule has 218 valence electrons. The van der Waals surface area contributed by atoms with E-state index in [9.17, 15) is 0 Å². The van der Waals surface area contributed by atoms with Crippen molar-refractivity contribution >= 4 is 31.5 Å². The number of benzene rings is 5. The third kappa shape index (κ3) is 5.03. The molecule has 0 atom stereocenters. The van der Waals surface area contributed by atoms with Crippen LogP contribution in [0.5, 0.6) is 0 Å². The van der Waals surface area contributed by atoms with Crippen LogP contribution in [0.3, 0.4) is 0 Å². The summed E-state index contributed by atoms with van der Waals surface area (Å²) >= 11 is 1.90. The summed E-state index contributed by atoms with van der Waals surface area (Å²) in [5.41, 5.74) is 8.44. The molecule has 2 heterocycles. The number of nitrogens with zero attached hydrogens (tertiary/aromatic N) is 3.